The molecule has 3 fully saturated rings. The summed E-state index contributed by atoms with van der Waals surface area (Å²) in [4.78, 5) is 28.7. The molecule has 3 aliphatic rings. The van der Waals surface area contributed by atoms with E-state index in [0.29, 0.717) is 12.5 Å². The van der Waals surface area contributed by atoms with E-state index < -0.39 is 0 Å². The smallest absolute Gasteiger partial charge is 0.315 e. The third-order valence-corrected chi connectivity index (χ3v) is 5.97. The summed E-state index contributed by atoms with van der Waals surface area (Å²) in [5, 5.41) is 9.56. The molecule has 2 aliphatic heterocycles. The van der Waals surface area contributed by atoms with Crippen molar-refractivity contribution in [3.05, 3.63) is 0 Å². The van der Waals surface area contributed by atoms with E-state index in [-0.39, 0.29) is 30.4 Å². The summed E-state index contributed by atoms with van der Waals surface area (Å²) < 4.78 is 0. The van der Waals surface area contributed by atoms with Crippen molar-refractivity contribution < 1.29 is 9.59 Å². The molecule has 3 rings (SSSR count). The Bertz CT molecular complexity index is 459. The number of carbonyl (C=O) groups is 2. The number of amides is 3. The van der Waals surface area contributed by atoms with Crippen LogP contribution in [0.1, 0.15) is 51.4 Å². The number of rotatable bonds is 5. The lowest BCUT2D eigenvalue weighted by Crippen LogP contribution is -2.51. The van der Waals surface area contributed by atoms with Gasteiger partial charge in [0.2, 0.25) is 5.91 Å². The number of nitrogens with zero attached hydrogens (tertiary/aromatic N) is 2. The molecule has 0 aromatic rings. The molecule has 2 saturated heterocycles. The van der Waals surface area contributed by atoms with E-state index in [1.807, 2.05) is 4.90 Å². The van der Waals surface area contributed by atoms with Crippen LogP contribution >= 0.6 is 12.4 Å². The van der Waals surface area contributed by atoms with Gasteiger partial charge in [-0.3, -0.25) is 4.79 Å². The fraction of sp³-hybridized carbons (Fsp3) is 0.895. The highest BCUT2D eigenvalue weighted by Gasteiger charge is 2.23. The van der Waals surface area contributed by atoms with E-state index in [1.54, 1.807) is 0 Å². The predicted octanol–water partition coefficient (Wildman–Crippen LogP) is 1.33. The zero-order valence-corrected chi connectivity index (χ0v) is 17.2. The molecule has 0 bridgehead atoms. The monoisotopic (exact) mass is 401 g/mol. The van der Waals surface area contributed by atoms with Gasteiger partial charge in [0.05, 0.1) is 0 Å². The lowest BCUT2D eigenvalue weighted by molar-refractivity contribution is -0.132. The van der Waals surface area contributed by atoms with Crippen molar-refractivity contribution in [2.24, 2.45) is 0 Å². The first-order valence-electron chi connectivity index (χ1n) is 10.5. The van der Waals surface area contributed by atoms with Crippen LogP contribution in [0.2, 0.25) is 0 Å². The molecule has 0 radical (unpaired) electrons. The first-order valence-corrected chi connectivity index (χ1v) is 10.5. The largest absolute Gasteiger partial charge is 0.340 e. The maximum Gasteiger partial charge on any atom is 0.315 e. The molecular formula is C19H36ClN5O2. The van der Waals surface area contributed by atoms with Gasteiger partial charge < -0.3 is 25.8 Å². The SMILES string of the molecule is Cl.O=C(NC1CCCCC1)NC1CCN(CCC(=O)N2CCNCC2)CC1. The first-order chi connectivity index (χ1) is 12.7. The number of nitrogens with one attached hydrogen (secondary N) is 3. The highest BCUT2D eigenvalue weighted by molar-refractivity contribution is 5.85. The maximum absolute atomic E-state index is 12.2. The van der Waals surface area contributed by atoms with Crippen LogP contribution in [-0.4, -0.2) is 79.6 Å². The van der Waals surface area contributed by atoms with Gasteiger partial charge in [-0.1, -0.05) is 19.3 Å². The molecule has 0 aromatic carbocycles. The number of hydrogen-bond acceptors (Lipinski definition) is 4. The van der Waals surface area contributed by atoms with Gasteiger partial charge in [0.25, 0.3) is 0 Å². The normalized spacial score (nSPS) is 22.7. The van der Waals surface area contributed by atoms with Crippen molar-refractivity contribution in [1.29, 1.82) is 0 Å². The number of piperidine rings is 1. The Labute approximate surface area is 169 Å². The number of hydrogen-bond donors (Lipinski definition) is 3. The topological polar surface area (TPSA) is 76.7 Å². The summed E-state index contributed by atoms with van der Waals surface area (Å²) in [5.41, 5.74) is 0. The lowest BCUT2D eigenvalue weighted by atomic mass is 9.96. The fourth-order valence-corrected chi connectivity index (χ4v) is 4.29. The number of likely N-dealkylation sites (tertiary alicyclic amines) is 1. The van der Waals surface area contributed by atoms with Gasteiger partial charge in [0.1, 0.15) is 0 Å². The average Bonchev–Trinajstić information content (AvgIpc) is 2.68. The van der Waals surface area contributed by atoms with Crippen molar-refractivity contribution >= 4 is 24.3 Å². The summed E-state index contributed by atoms with van der Waals surface area (Å²) in [6, 6.07) is 0.628. The second-order valence-corrected chi connectivity index (χ2v) is 7.95. The van der Waals surface area contributed by atoms with E-state index in [0.717, 1.165) is 71.5 Å². The predicted molar refractivity (Wildman–Crippen MR) is 109 cm³/mol. The van der Waals surface area contributed by atoms with Gasteiger partial charge in [-0.25, -0.2) is 4.79 Å². The van der Waals surface area contributed by atoms with Crippen molar-refractivity contribution in [1.82, 2.24) is 25.8 Å². The Balaban J connectivity index is 0.00000261. The molecule has 0 atom stereocenters. The highest BCUT2D eigenvalue weighted by atomic mass is 35.5. The van der Waals surface area contributed by atoms with Crippen LogP contribution in [0.4, 0.5) is 4.79 Å². The van der Waals surface area contributed by atoms with E-state index in [9.17, 15) is 9.59 Å². The third-order valence-electron chi connectivity index (χ3n) is 5.97. The van der Waals surface area contributed by atoms with Gasteiger partial charge in [-0.05, 0) is 25.7 Å². The van der Waals surface area contributed by atoms with Crippen molar-refractivity contribution in [3.8, 4) is 0 Å². The summed E-state index contributed by atoms with van der Waals surface area (Å²) in [7, 11) is 0. The van der Waals surface area contributed by atoms with Gasteiger partial charge in [0.15, 0.2) is 0 Å². The van der Waals surface area contributed by atoms with Crippen molar-refractivity contribution in [2.45, 2.75) is 63.5 Å². The van der Waals surface area contributed by atoms with Gasteiger partial charge in [-0.2, -0.15) is 0 Å². The first kappa shape index (κ1) is 22.2. The van der Waals surface area contributed by atoms with Crippen LogP contribution in [0.25, 0.3) is 0 Å². The van der Waals surface area contributed by atoms with Crippen LogP contribution in [0, 0.1) is 0 Å². The molecule has 27 heavy (non-hydrogen) atoms. The summed E-state index contributed by atoms with van der Waals surface area (Å²) in [5.74, 6) is 0.276. The fourth-order valence-electron chi connectivity index (χ4n) is 4.29. The number of piperazine rings is 1. The molecule has 2 heterocycles. The summed E-state index contributed by atoms with van der Waals surface area (Å²) in [6.45, 7) is 6.25. The Kier molecular flexibility index (Phi) is 9.65. The zero-order chi connectivity index (χ0) is 18.2. The summed E-state index contributed by atoms with van der Waals surface area (Å²) in [6.07, 6.45) is 8.56. The van der Waals surface area contributed by atoms with E-state index >= 15 is 0 Å². The maximum atomic E-state index is 12.2. The van der Waals surface area contributed by atoms with Crippen molar-refractivity contribution in [3.63, 3.8) is 0 Å². The Morgan fingerprint density at radius 3 is 2.07 bits per heavy atom. The molecule has 0 aromatic heterocycles. The number of halogens is 1. The minimum atomic E-state index is 0. The third kappa shape index (κ3) is 7.47. The van der Waals surface area contributed by atoms with Crippen LogP contribution in [-0.2, 0) is 4.79 Å². The molecule has 0 unspecified atom stereocenters. The van der Waals surface area contributed by atoms with Crippen LogP contribution in [0.5, 0.6) is 0 Å². The second kappa shape index (κ2) is 11.7. The quantitative estimate of drug-likeness (QED) is 0.649. The molecule has 7 nitrogen and oxygen atoms in total. The number of carbonyl (C=O) groups excluding carboxylic acids is 2. The molecule has 1 aliphatic carbocycles. The van der Waals surface area contributed by atoms with Gasteiger partial charge in [0, 0.05) is 64.3 Å². The van der Waals surface area contributed by atoms with Gasteiger partial charge >= 0.3 is 6.03 Å². The number of urea groups is 1. The molecule has 0 spiro atoms. The molecule has 3 N–H and O–H groups in total. The van der Waals surface area contributed by atoms with Crippen LogP contribution in [0.15, 0.2) is 0 Å². The van der Waals surface area contributed by atoms with E-state index in [2.05, 4.69) is 20.9 Å². The van der Waals surface area contributed by atoms with Gasteiger partial charge in [-0.15, -0.1) is 12.4 Å². The van der Waals surface area contributed by atoms with E-state index in [4.69, 9.17) is 0 Å². The van der Waals surface area contributed by atoms with Crippen molar-refractivity contribution in [2.75, 3.05) is 45.8 Å². The zero-order valence-electron chi connectivity index (χ0n) is 16.4. The molecule has 156 valence electrons. The average molecular weight is 402 g/mol. The molecule has 1 saturated carbocycles. The Morgan fingerprint density at radius 1 is 0.852 bits per heavy atom. The second-order valence-electron chi connectivity index (χ2n) is 7.95. The minimum Gasteiger partial charge on any atom is -0.340 e. The lowest BCUT2D eigenvalue weighted by Gasteiger charge is -2.33. The Hall–Kier alpha value is -1.05. The summed E-state index contributed by atoms with van der Waals surface area (Å²) >= 11 is 0. The van der Waals surface area contributed by atoms with E-state index in [1.165, 1.54) is 19.3 Å². The Morgan fingerprint density at radius 2 is 1.44 bits per heavy atom. The standard InChI is InChI=1S/C19H35N5O2.ClH/c25-18(24-14-9-20-10-15-24)8-13-23-11-6-17(7-12-23)22-19(26)21-16-4-2-1-3-5-16;/h16-17,20H,1-15H2,(H2,21,22,26);1H. The van der Waals surface area contributed by atoms with Crippen LogP contribution < -0.4 is 16.0 Å². The van der Waals surface area contributed by atoms with Crippen LogP contribution in [0.3, 0.4) is 0 Å². The minimum absolute atomic E-state index is 0. The molecule has 8 heteroatoms. The molecular weight excluding hydrogens is 366 g/mol. The highest BCUT2D eigenvalue weighted by Crippen LogP contribution is 2.17. The molecule has 3 amide bonds.